The normalized spacial score (nSPS) is 11.8. The number of amides is 3. The van der Waals surface area contributed by atoms with Gasteiger partial charge in [-0.05, 0) is 25.6 Å². The second-order valence-corrected chi connectivity index (χ2v) is 5.16. The summed E-state index contributed by atoms with van der Waals surface area (Å²) in [6.45, 7) is 2.27. The second-order valence-electron chi connectivity index (χ2n) is 4.72. The van der Waals surface area contributed by atoms with Crippen LogP contribution in [0.3, 0.4) is 0 Å². The average Bonchev–Trinajstić information content (AvgIpc) is 2.46. The SMILES string of the molecule is CNC(=O)NC(=O)C(C)N(C)Cc1cccc(C(N)=S)c1. The van der Waals surface area contributed by atoms with Crippen molar-refractivity contribution in [1.82, 2.24) is 15.5 Å². The number of benzene rings is 1. The van der Waals surface area contributed by atoms with Gasteiger partial charge in [0.15, 0.2) is 0 Å². The number of urea groups is 1. The Morgan fingerprint density at radius 3 is 2.67 bits per heavy atom. The molecule has 4 N–H and O–H groups in total. The molecule has 21 heavy (non-hydrogen) atoms. The number of nitrogens with one attached hydrogen (secondary N) is 2. The molecule has 7 heteroatoms. The van der Waals surface area contributed by atoms with Crippen LogP contribution in [0, 0.1) is 0 Å². The van der Waals surface area contributed by atoms with Gasteiger partial charge in [0.1, 0.15) is 4.99 Å². The van der Waals surface area contributed by atoms with E-state index >= 15 is 0 Å². The topological polar surface area (TPSA) is 87.5 Å². The number of thiocarbonyl (C=S) groups is 1. The van der Waals surface area contributed by atoms with Crippen molar-refractivity contribution in [1.29, 1.82) is 0 Å². The number of hydrogen-bond donors (Lipinski definition) is 3. The summed E-state index contributed by atoms with van der Waals surface area (Å²) in [6.07, 6.45) is 0. The van der Waals surface area contributed by atoms with Gasteiger partial charge in [0.05, 0.1) is 6.04 Å². The largest absolute Gasteiger partial charge is 0.389 e. The van der Waals surface area contributed by atoms with E-state index in [2.05, 4.69) is 10.6 Å². The van der Waals surface area contributed by atoms with Crippen LogP contribution in [-0.4, -0.2) is 42.0 Å². The third-order valence-corrected chi connectivity index (χ3v) is 3.38. The number of imide groups is 1. The molecule has 1 aromatic rings. The van der Waals surface area contributed by atoms with Gasteiger partial charge in [0.25, 0.3) is 0 Å². The molecule has 0 aliphatic rings. The second kappa shape index (κ2) is 7.70. The van der Waals surface area contributed by atoms with Crippen molar-refractivity contribution in [2.24, 2.45) is 5.73 Å². The van der Waals surface area contributed by atoms with Gasteiger partial charge in [0.2, 0.25) is 5.91 Å². The van der Waals surface area contributed by atoms with Gasteiger partial charge in [-0.15, -0.1) is 0 Å². The van der Waals surface area contributed by atoms with Crippen LogP contribution in [0.5, 0.6) is 0 Å². The number of nitrogens with zero attached hydrogens (tertiary/aromatic N) is 1. The predicted octanol–water partition coefficient (Wildman–Crippen LogP) is 0.597. The van der Waals surface area contributed by atoms with Gasteiger partial charge in [-0.2, -0.15) is 0 Å². The number of nitrogens with two attached hydrogens (primary N) is 1. The maximum absolute atomic E-state index is 11.9. The number of carbonyl (C=O) groups excluding carboxylic acids is 2. The van der Waals surface area contributed by atoms with Crippen LogP contribution in [0.1, 0.15) is 18.1 Å². The molecule has 1 unspecified atom stereocenters. The maximum atomic E-state index is 11.9. The molecule has 6 nitrogen and oxygen atoms in total. The summed E-state index contributed by atoms with van der Waals surface area (Å²) in [5.74, 6) is -0.359. The van der Waals surface area contributed by atoms with E-state index in [0.29, 0.717) is 11.5 Å². The summed E-state index contributed by atoms with van der Waals surface area (Å²) in [7, 11) is 3.26. The molecule has 0 radical (unpaired) electrons. The highest BCUT2D eigenvalue weighted by Gasteiger charge is 2.19. The Labute approximate surface area is 129 Å². The van der Waals surface area contributed by atoms with Crippen molar-refractivity contribution in [3.05, 3.63) is 35.4 Å². The van der Waals surface area contributed by atoms with E-state index in [0.717, 1.165) is 11.1 Å². The van der Waals surface area contributed by atoms with Gasteiger partial charge < -0.3 is 11.1 Å². The molecule has 0 saturated heterocycles. The van der Waals surface area contributed by atoms with Gasteiger partial charge in [-0.25, -0.2) is 4.79 Å². The molecule has 0 fully saturated rings. The first-order valence-electron chi connectivity index (χ1n) is 6.46. The Bertz CT molecular complexity index is 548. The highest BCUT2D eigenvalue weighted by molar-refractivity contribution is 7.80. The summed E-state index contributed by atoms with van der Waals surface area (Å²) < 4.78 is 0. The van der Waals surface area contributed by atoms with Gasteiger partial charge in [0, 0.05) is 19.2 Å². The van der Waals surface area contributed by atoms with Crippen LogP contribution in [0.15, 0.2) is 24.3 Å². The Morgan fingerprint density at radius 2 is 2.10 bits per heavy atom. The first kappa shape index (κ1) is 17.1. The molecule has 0 aliphatic heterocycles. The van der Waals surface area contributed by atoms with E-state index in [1.54, 1.807) is 6.92 Å². The van der Waals surface area contributed by atoms with Crippen LogP contribution in [0.4, 0.5) is 4.79 Å². The van der Waals surface area contributed by atoms with Crippen LogP contribution >= 0.6 is 12.2 Å². The predicted molar refractivity (Wildman–Crippen MR) is 85.9 cm³/mol. The lowest BCUT2D eigenvalue weighted by Crippen LogP contribution is -2.47. The molecular weight excluding hydrogens is 288 g/mol. The molecular formula is C14H20N4O2S. The fraction of sp³-hybridized carbons (Fsp3) is 0.357. The number of carbonyl (C=O) groups is 2. The lowest BCUT2D eigenvalue weighted by atomic mass is 10.1. The number of rotatable bonds is 5. The Kier molecular flexibility index (Phi) is 6.26. The quantitative estimate of drug-likeness (QED) is 0.693. The minimum atomic E-state index is -0.518. The smallest absolute Gasteiger partial charge is 0.321 e. The minimum absolute atomic E-state index is 0.338. The number of hydrogen-bond acceptors (Lipinski definition) is 4. The molecule has 1 aromatic carbocycles. The Morgan fingerprint density at radius 1 is 1.43 bits per heavy atom. The van der Waals surface area contributed by atoms with Crippen molar-refractivity contribution in [2.45, 2.75) is 19.5 Å². The summed E-state index contributed by atoms with van der Waals surface area (Å²) in [4.78, 5) is 25.2. The molecule has 0 saturated carbocycles. The number of likely N-dealkylation sites (N-methyl/N-ethyl adjacent to an activating group) is 1. The Balaban J connectivity index is 2.69. The van der Waals surface area contributed by atoms with Crippen LogP contribution in [0.2, 0.25) is 0 Å². The standard InChI is InChI=1S/C14H20N4O2S/c1-9(13(19)17-14(20)16-2)18(3)8-10-5-4-6-11(7-10)12(15)21/h4-7,9H,8H2,1-3H3,(H2,15,21)(H2,16,17,19,20). The molecule has 0 heterocycles. The fourth-order valence-corrected chi connectivity index (χ4v) is 1.85. The third kappa shape index (κ3) is 5.13. The maximum Gasteiger partial charge on any atom is 0.321 e. The molecule has 1 rings (SSSR count). The van der Waals surface area contributed by atoms with E-state index in [-0.39, 0.29) is 5.91 Å². The van der Waals surface area contributed by atoms with Gasteiger partial charge in [-0.1, -0.05) is 30.4 Å². The molecule has 0 spiro atoms. The first-order chi connectivity index (χ1) is 9.85. The van der Waals surface area contributed by atoms with E-state index in [1.165, 1.54) is 7.05 Å². The van der Waals surface area contributed by atoms with E-state index in [1.807, 2.05) is 36.2 Å². The monoisotopic (exact) mass is 308 g/mol. The molecule has 0 aliphatic carbocycles. The van der Waals surface area contributed by atoms with E-state index in [9.17, 15) is 9.59 Å². The lowest BCUT2D eigenvalue weighted by Gasteiger charge is -2.23. The van der Waals surface area contributed by atoms with Crippen molar-refractivity contribution in [3.8, 4) is 0 Å². The van der Waals surface area contributed by atoms with Gasteiger partial charge >= 0.3 is 6.03 Å². The van der Waals surface area contributed by atoms with E-state index < -0.39 is 12.1 Å². The highest BCUT2D eigenvalue weighted by Crippen LogP contribution is 2.09. The summed E-state index contributed by atoms with van der Waals surface area (Å²) >= 11 is 4.94. The van der Waals surface area contributed by atoms with Crippen LogP contribution in [-0.2, 0) is 11.3 Å². The lowest BCUT2D eigenvalue weighted by molar-refractivity contribution is -0.124. The first-order valence-corrected chi connectivity index (χ1v) is 6.87. The zero-order chi connectivity index (χ0) is 16.0. The van der Waals surface area contributed by atoms with Gasteiger partial charge in [-0.3, -0.25) is 15.0 Å². The fourth-order valence-electron chi connectivity index (χ4n) is 1.73. The van der Waals surface area contributed by atoms with Crippen LogP contribution < -0.4 is 16.4 Å². The molecule has 1 atom stereocenters. The molecule has 3 amide bonds. The van der Waals surface area contributed by atoms with Crippen molar-refractivity contribution < 1.29 is 9.59 Å². The average molecular weight is 308 g/mol. The van der Waals surface area contributed by atoms with E-state index in [4.69, 9.17) is 18.0 Å². The molecule has 0 bridgehead atoms. The molecule has 114 valence electrons. The minimum Gasteiger partial charge on any atom is -0.389 e. The summed E-state index contributed by atoms with van der Waals surface area (Å²) in [5.41, 5.74) is 7.38. The van der Waals surface area contributed by atoms with Crippen LogP contribution in [0.25, 0.3) is 0 Å². The van der Waals surface area contributed by atoms with Crippen molar-refractivity contribution in [2.75, 3.05) is 14.1 Å². The van der Waals surface area contributed by atoms with Crippen molar-refractivity contribution >= 4 is 29.1 Å². The zero-order valence-electron chi connectivity index (χ0n) is 12.3. The summed E-state index contributed by atoms with van der Waals surface area (Å²) in [5, 5.41) is 4.60. The molecule has 0 aromatic heterocycles. The van der Waals surface area contributed by atoms with Crippen molar-refractivity contribution in [3.63, 3.8) is 0 Å². The highest BCUT2D eigenvalue weighted by atomic mass is 32.1. The summed E-state index contributed by atoms with van der Waals surface area (Å²) in [6, 6.07) is 6.57. The Hall–Kier alpha value is -1.99. The third-order valence-electron chi connectivity index (χ3n) is 3.15. The zero-order valence-corrected chi connectivity index (χ0v) is 13.2.